The van der Waals surface area contributed by atoms with Gasteiger partial charge < -0.3 is 9.64 Å². The number of aromatic nitrogens is 2. The molecule has 1 amide bonds. The van der Waals surface area contributed by atoms with Crippen LogP contribution >= 0.6 is 0 Å². The van der Waals surface area contributed by atoms with Gasteiger partial charge in [-0.25, -0.2) is 14.8 Å². The van der Waals surface area contributed by atoms with Crippen molar-refractivity contribution in [1.82, 2.24) is 14.9 Å². The molecule has 3 heterocycles. The Balaban J connectivity index is 1.66. The van der Waals surface area contributed by atoms with E-state index in [-0.39, 0.29) is 12.0 Å². The summed E-state index contributed by atoms with van der Waals surface area (Å²) < 4.78 is 5.35. The highest BCUT2D eigenvalue weighted by molar-refractivity contribution is 5.74. The number of likely N-dealkylation sites (tertiary alicyclic amines) is 1. The van der Waals surface area contributed by atoms with Crippen molar-refractivity contribution in [3.05, 3.63) is 36.2 Å². The molecule has 0 unspecified atom stereocenters. The van der Waals surface area contributed by atoms with Gasteiger partial charge in [0.15, 0.2) is 5.65 Å². The third-order valence-corrected chi connectivity index (χ3v) is 3.44. The van der Waals surface area contributed by atoms with Crippen LogP contribution in [0.1, 0.15) is 32.4 Å². The number of carbonyl (C=O) groups is 1. The lowest BCUT2D eigenvalue weighted by Gasteiger charge is -2.39. The third-order valence-electron chi connectivity index (χ3n) is 3.44. The van der Waals surface area contributed by atoms with Crippen molar-refractivity contribution in [2.24, 2.45) is 0 Å². The molecular formula is C16H19N3O2. The Morgan fingerprint density at radius 1 is 1.29 bits per heavy atom. The summed E-state index contributed by atoms with van der Waals surface area (Å²) in [6, 6.07) is 7.94. The number of carbonyl (C=O) groups excluding carboxylic acids is 1. The van der Waals surface area contributed by atoms with Crippen molar-refractivity contribution in [2.75, 3.05) is 13.1 Å². The summed E-state index contributed by atoms with van der Waals surface area (Å²) in [6.45, 7) is 6.93. The lowest BCUT2D eigenvalue weighted by Crippen LogP contribution is -2.50. The quantitative estimate of drug-likeness (QED) is 0.808. The van der Waals surface area contributed by atoms with E-state index in [1.165, 1.54) is 0 Å². The largest absolute Gasteiger partial charge is 0.444 e. The molecule has 1 saturated heterocycles. The van der Waals surface area contributed by atoms with E-state index < -0.39 is 5.60 Å². The number of ether oxygens (including phenoxy) is 1. The van der Waals surface area contributed by atoms with E-state index in [9.17, 15) is 4.79 Å². The number of nitrogens with zero attached hydrogens (tertiary/aromatic N) is 3. The summed E-state index contributed by atoms with van der Waals surface area (Å²) in [5.41, 5.74) is 1.29. The Bertz CT molecular complexity index is 673. The van der Waals surface area contributed by atoms with Gasteiger partial charge in [0.2, 0.25) is 0 Å². The van der Waals surface area contributed by atoms with Crippen molar-refractivity contribution < 1.29 is 9.53 Å². The highest BCUT2D eigenvalue weighted by Crippen LogP contribution is 2.28. The van der Waals surface area contributed by atoms with E-state index in [1.807, 2.05) is 45.0 Å². The molecule has 3 rings (SSSR count). The van der Waals surface area contributed by atoms with Crippen LogP contribution in [0.4, 0.5) is 4.79 Å². The van der Waals surface area contributed by atoms with Crippen LogP contribution in [0.2, 0.25) is 0 Å². The fourth-order valence-corrected chi connectivity index (χ4v) is 2.34. The first-order chi connectivity index (χ1) is 9.92. The lowest BCUT2D eigenvalue weighted by molar-refractivity contribution is 0.00790. The van der Waals surface area contributed by atoms with Gasteiger partial charge in [-0.1, -0.05) is 0 Å². The second kappa shape index (κ2) is 4.98. The number of fused-ring (bicyclic) bond motifs is 1. The van der Waals surface area contributed by atoms with E-state index in [1.54, 1.807) is 11.1 Å². The summed E-state index contributed by atoms with van der Waals surface area (Å²) in [4.78, 5) is 22.5. The van der Waals surface area contributed by atoms with E-state index in [4.69, 9.17) is 4.74 Å². The second-order valence-corrected chi connectivity index (χ2v) is 6.37. The molecule has 21 heavy (non-hydrogen) atoms. The van der Waals surface area contributed by atoms with Crippen LogP contribution in [0.25, 0.3) is 11.0 Å². The Kier molecular flexibility index (Phi) is 3.27. The number of hydrogen-bond donors (Lipinski definition) is 0. The molecule has 0 N–H and O–H groups in total. The van der Waals surface area contributed by atoms with E-state index in [0.29, 0.717) is 13.1 Å². The molecule has 0 radical (unpaired) electrons. The highest BCUT2D eigenvalue weighted by atomic mass is 16.6. The van der Waals surface area contributed by atoms with Crippen LogP contribution in [-0.2, 0) is 4.74 Å². The van der Waals surface area contributed by atoms with Gasteiger partial charge in [-0.15, -0.1) is 0 Å². The molecular weight excluding hydrogens is 266 g/mol. The van der Waals surface area contributed by atoms with E-state index in [2.05, 4.69) is 9.97 Å². The number of hydrogen-bond acceptors (Lipinski definition) is 4. The van der Waals surface area contributed by atoms with Crippen LogP contribution in [0.3, 0.4) is 0 Å². The van der Waals surface area contributed by atoms with Gasteiger partial charge >= 0.3 is 6.09 Å². The minimum absolute atomic E-state index is 0.252. The van der Waals surface area contributed by atoms with Gasteiger partial charge in [0.25, 0.3) is 0 Å². The molecule has 5 heteroatoms. The zero-order valence-electron chi connectivity index (χ0n) is 12.5. The Morgan fingerprint density at radius 3 is 2.76 bits per heavy atom. The molecule has 1 aliphatic heterocycles. The average Bonchev–Trinajstić information content (AvgIpc) is 2.34. The molecule has 1 aliphatic rings. The molecule has 5 nitrogen and oxygen atoms in total. The Hall–Kier alpha value is -2.17. The fourth-order valence-electron chi connectivity index (χ4n) is 2.34. The van der Waals surface area contributed by atoms with Gasteiger partial charge in [0.1, 0.15) is 5.60 Å². The molecule has 2 aromatic heterocycles. The van der Waals surface area contributed by atoms with Crippen LogP contribution < -0.4 is 0 Å². The Labute approximate surface area is 124 Å². The zero-order chi connectivity index (χ0) is 15.0. The van der Waals surface area contributed by atoms with Crippen LogP contribution in [0.5, 0.6) is 0 Å². The number of pyridine rings is 2. The zero-order valence-corrected chi connectivity index (χ0v) is 12.5. The maximum atomic E-state index is 11.9. The normalized spacial score (nSPS) is 15.9. The van der Waals surface area contributed by atoms with Crippen molar-refractivity contribution in [3.63, 3.8) is 0 Å². The molecule has 0 atom stereocenters. The van der Waals surface area contributed by atoms with Gasteiger partial charge in [0.05, 0.1) is 0 Å². The maximum absolute atomic E-state index is 11.9. The van der Waals surface area contributed by atoms with Crippen molar-refractivity contribution in [3.8, 4) is 0 Å². The molecule has 2 aromatic rings. The van der Waals surface area contributed by atoms with Gasteiger partial charge in [-0.3, -0.25) is 0 Å². The van der Waals surface area contributed by atoms with Crippen LogP contribution in [0.15, 0.2) is 30.5 Å². The van der Waals surface area contributed by atoms with E-state index >= 15 is 0 Å². The fraction of sp³-hybridized carbons (Fsp3) is 0.438. The van der Waals surface area contributed by atoms with Gasteiger partial charge in [0, 0.05) is 36.3 Å². The number of amides is 1. The minimum Gasteiger partial charge on any atom is -0.444 e. The SMILES string of the molecule is CC(C)(C)OC(=O)N1CC(c2ccc3cccnc3n2)C1. The topological polar surface area (TPSA) is 55.3 Å². The van der Waals surface area contributed by atoms with Crippen molar-refractivity contribution >= 4 is 17.1 Å². The van der Waals surface area contributed by atoms with Crippen LogP contribution in [-0.4, -0.2) is 39.7 Å². The highest BCUT2D eigenvalue weighted by Gasteiger charge is 2.35. The summed E-state index contributed by atoms with van der Waals surface area (Å²) in [5, 5.41) is 1.03. The van der Waals surface area contributed by atoms with Crippen molar-refractivity contribution in [1.29, 1.82) is 0 Å². The molecule has 0 spiro atoms. The summed E-state index contributed by atoms with van der Waals surface area (Å²) in [6.07, 6.45) is 1.49. The van der Waals surface area contributed by atoms with Gasteiger partial charge in [-0.2, -0.15) is 0 Å². The standard InChI is InChI=1S/C16H19N3O2/c1-16(2,3)21-15(20)19-9-12(10-19)13-7-6-11-5-4-8-17-14(11)18-13/h4-8,12H,9-10H2,1-3H3. The number of rotatable bonds is 1. The first-order valence-electron chi connectivity index (χ1n) is 7.12. The molecule has 1 fully saturated rings. The first-order valence-corrected chi connectivity index (χ1v) is 7.12. The second-order valence-electron chi connectivity index (χ2n) is 6.37. The summed E-state index contributed by atoms with van der Waals surface area (Å²) >= 11 is 0. The maximum Gasteiger partial charge on any atom is 0.410 e. The molecule has 0 bridgehead atoms. The molecule has 0 saturated carbocycles. The lowest BCUT2D eigenvalue weighted by atomic mass is 9.96. The molecule has 110 valence electrons. The first kappa shape index (κ1) is 13.8. The van der Waals surface area contributed by atoms with Crippen molar-refractivity contribution in [2.45, 2.75) is 32.3 Å². The smallest absolute Gasteiger partial charge is 0.410 e. The predicted octanol–water partition coefficient (Wildman–Crippen LogP) is 2.96. The average molecular weight is 285 g/mol. The summed E-state index contributed by atoms with van der Waals surface area (Å²) in [5.74, 6) is 0.268. The Morgan fingerprint density at radius 2 is 2.05 bits per heavy atom. The predicted molar refractivity (Wildman–Crippen MR) is 80.1 cm³/mol. The summed E-state index contributed by atoms with van der Waals surface area (Å²) in [7, 11) is 0. The van der Waals surface area contributed by atoms with E-state index in [0.717, 1.165) is 16.7 Å². The third kappa shape index (κ3) is 2.96. The molecule has 0 aromatic carbocycles. The van der Waals surface area contributed by atoms with Crippen LogP contribution in [0, 0.1) is 0 Å². The monoisotopic (exact) mass is 285 g/mol. The van der Waals surface area contributed by atoms with Gasteiger partial charge in [-0.05, 0) is 45.0 Å². The minimum atomic E-state index is -0.451. The molecule has 0 aliphatic carbocycles.